The molecule has 0 fully saturated rings. The molecule has 87 heavy (non-hydrogen) atoms. The number of ketones is 4. The highest BCUT2D eigenvalue weighted by Gasteiger charge is 2.35. The van der Waals surface area contributed by atoms with E-state index in [4.69, 9.17) is 33.2 Å². The molecule has 0 saturated carbocycles. The van der Waals surface area contributed by atoms with Crippen LogP contribution < -0.4 is 33.2 Å². The van der Waals surface area contributed by atoms with Gasteiger partial charge in [0, 0.05) is 48.5 Å². The fourth-order valence-corrected chi connectivity index (χ4v) is 9.84. The number of hydrogen-bond donors (Lipinski definition) is 13. The summed E-state index contributed by atoms with van der Waals surface area (Å²) in [6.07, 6.45) is -2.41. The third kappa shape index (κ3) is 12.8. The van der Waals surface area contributed by atoms with E-state index in [9.17, 15) is 85.6 Å². The molecule has 4 heterocycles. The molecular formula is C63H54O24. The number of phenols is 13. The lowest BCUT2D eigenvalue weighted by Crippen LogP contribution is -2.20. The zero-order valence-corrected chi connectivity index (χ0v) is 46.0. The minimum absolute atomic E-state index is 0.0101. The maximum atomic E-state index is 12.2. The number of phenolic OH excluding ortho intramolecular Hbond substituents is 13. The second kappa shape index (κ2) is 24.7. The van der Waals surface area contributed by atoms with Crippen molar-refractivity contribution in [3.63, 3.8) is 0 Å². The van der Waals surface area contributed by atoms with Gasteiger partial charge in [0.2, 0.25) is 0 Å². The first-order valence-corrected chi connectivity index (χ1v) is 26.1. The van der Waals surface area contributed by atoms with Crippen LogP contribution in [0.5, 0.6) is 115 Å². The number of methoxy groups -OCH3 is 3. The van der Waals surface area contributed by atoms with E-state index < -0.39 is 24.4 Å². The van der Waals surface area contributed by atoms with Gasteiger partial charge in [-0.25, -0.2) is 0 Å². The summed E-state index contributed by atoms with van der Waals surface area (Å²) >= 11 is 0. The largest absolute Gasteiger partial charge is 0.508 e. The van der Waals surface area contributed by atoms with Crippen LogP contribution in [0.1, 0.15) is 114 Å². The monoisotopic (exact) mass is 1190 g/mol. The smallest absolute Gasteiger partial charge is 0.174 e. The van der Waals surface area contributed by atoms with E-state index in [0.29, 0.717) is 33.8 Å². The van der Waals surface area contributed by atoms with Crippen molar-refractivity contribution in [3.05, 3.63) is 166 Å². The third-order valence-corrected chi connectivity index (χ3v) is 14.1. The Bertz CT molecular complexity index is 4020. The number of ether oxygens (including phenoxy) is 7. The standard InChI is InChI=1S/3C16H14O6.C15H12O6/c1-21-13-3-2-8(4-10(13)18)14-7-12(20)16-11(19)5-9(17)6-15(16)22-14;1-21-14-4-8(2-3-10(14)18)13-7-12(20)16-11(19)5-9(17)6-15(16)22-13;1-21-9-5-12(19)16-13(20)7-14(22-15(16)6-9)8-2-3-10(17)11(18)4-8;16-8-4-11(19)15-12(20)6-13(21-14(15)5-8)7-1-2-9(17)10(18)3-7/h2-6,14,17-19H,7H2,1H3;2-6,13,17-19H,7H2,1H3;2-6,14,17-19H,7H2,1H3;1-5,13,16-19H,6H2. The van der Waals surface area contributed by atoms with E-state index in [1.54, 1.807) is 30.3 Å². The second-order valence-corrected chi connectivity index (χ2v) is 19.8. The molecule has 4 atom stereocenters. The second-order valence-electron chi connectivity index (χ2n) is 19.8. The average molecular weight is 1200 g/mol. The van der Waals surface area contributed by atoms with E-state index in [0.717, 1.165) is 18.2 Å². The Morgan fingerprint density at radius 1 is 0.299 bits per heavy atom. The van der Waals surface area contributed by atoms with Gasteiger partial charge in [0.1, 0.15) is 116 Å². The zero-order valence-electron chi connectivity index (χ0n) is 46.0. The molecule has 0 aromatic heterocycles. The lowest BCUT2D eigenvalue weighted by molar-refractivity contribution is 0.0834. The number of carbonyl (C=O) groups is 4. The van der Waals surface area contributed by atoms with Crippen LogP contribution in [0.15, 0.2) is 121 Å². The van der Waals surface area contributed by atoms with E-state index in [2.05, 4.69) is 0 Å². The van der Waals surface area contributed by atoms with Crippen molar-refractivity contribution in [1.29, 1.82) is 0 Å². The number of rotatable bonds is 7. The minimum Gasteiger partial charge on any atom is -0.508 e. The lowest BCUT2D eigenvalue weighted by Gasteiger charge is -2.26. The van der Waals surface area contributed by atoms with Crippen LogP contribution in [-0.4, -0.2) is 111 Å². The molecule has 0 amide bonds. The molecule has 8 aromatic rings. The van der Waals surface area contributed by atoms with Crippen LogP contribution in [-0.2, 0) is 0 Å². The van der Waals surface area contributed by atoms with Crippen molar-refractivity contribution in [2.75, 3.05) is 21.3 Å². The molecule has 0 radical (unpaired) electrons. The molecule has 24 nitrogen and oxygen atoms in total. The van der Waals surface area contributed by atoms with Gasteiger partial charge in [-0.15, -0.1) is 0 Å². The summed E-state index contributed by atoms with van der Waals surface area (Å²) in [4.78, 5) is 48.8. The summed E-state index contributed by atoms with van der Waals surface area (Å²) in [6, 6.07) is 27.7. The fraction of sp³-hybridized carbons (Fsp3) is 0.175. The van der Waals surface area contributed by atoms with Crippen LogP contribution in [0, 0.1) is 0 Å². The number of hydrogen-bond acceptors (Lipinski definition) is 24. The van der Waals surface area contributed by atoms with Gasteiger partial charge in [-0.3, -0.25) is 19.2 Å². The van der Waals surface area contributed by atoms with Crippen LogP contribution in [0.4, 0.5) is 0 Å². The van der Waals surface area contributed by atoms with Crippen LogP contribution in [0.25, 0.3) is 0 Å². The number of Topliss-reactive ketones (excluding diaryl/α,β-unsaturated/α-hetero) is 4. The number of benzene rings is 8. The van der Waals surface area contributed by atoms with Gasteiger partial charge in [-0.1, -0.05) is 24.3 Å². The molecule has 0 aliphatic carbocycles. The Morgan fingerprint density at radius 3 is 0.943 bits per heavy atom. The quantitative estimate of drug-likeness (QED) is 0.0660. The summed E-state index contributed by atoms with van der Waals surface area (Å²) in [5.74, 6) is -2.53. The molecule has 0 saturated heterocycles. The molecule has 8 aromatic carbocycles. The summed E-state index contributed by atoms with van der Waals surface area (Å²) < 4.78 is 37.8. The Kier molecular flexibility index (Phi) is 17.1. The van der Waals surface area contributed by atoms with Crippen molar-refractivity contribution in [3.8, 4) is 115 Å². The highest BCUT2D eigenvalue weighted by Crippen LogP contribution is 2.47. The average Bonchev–Trinajstić information content (AvgIpc) is 1.75. The van der Waals surface area contributed by atoms with Gasteiger partial charge in [-0.05, 0) is 70.8 Å². The van der Waals surface area contributed by atoms with Crippen molar-refractivity contribution < 1.29 is 119 Å². The van der Waals surface area contributed by atoms with Crippen molar-refractivity contribution in [1.82, 2.24) is 0 Å². The van der Waals surface area contributed by atoms with E-state index in [1.165, 1.54) is 94.1 Å². The Hall–Kier alpha value is -11.6. The van der Waals surface area contributed by atoms with Crippen molar-refractivity contribution >= 4 is 23.1 Å². The third-order valence-electron chi connectivity index (χ3n) is 14.1. The van der Waals surface area contributed by atoms with Crippen LogP contribution in [0.3, 0.4) is 0 Å². The number of carbonyl (C=O) groups excluding carboxylic acids is 4. The summed E-state index contributed by atoms with van der Waals surface area (Å²) in [7, 11) is 4.32. The van der Waals surface area contributed by atoms with Gasteiger partial charge in [0.15, 0.2) is 69.1 Å². The molecule has 0 spiro atoms. The lowest BCUT2D eigenvalue weighted by atomic mass is 9.95. The molecule has 4 aliphatic heterocycles. The highest BCUT2D eigenvalue weighted by atomic mass is 16.5. The minimum atomic E-state index is -0.669. The van der Waals surface area contributed by atoms with Gasteiger partial charge >= 0.3 is 0 Å². The number of aromatic hydroxyl groups is 13. The first-order valence-electron chi connectivity index (χ1n) is 26.1. The van der Waals surface area contributed by atoms with E-state index >= 15 is 0 Å². The molecule has 24 heteroatoms. The molecule has 12 rings (SSSR count). The first kappa shape index (κ1) is 60.0. The molecule has 4 unspecified atom stereocenters. The Balaban J connectivity index is 0.000000138. The van der Waals surface area contributed by atoms with Crippen LogP contribution in [0.2, 0.25) is 0 Å². The van der Waals surface area contributed by atoms with Crippen LogP contribution >= 0.6 is 0 Å². The van der Waals surface area contributed by atoms with Crippen molar-refractivity contribution in [2.45, 2.75) is 50.1 Å². The summed E-state index contributed by atoms with van der Waals surface area (Å²) in [5.41, 5.74) is 2.60. The number of fused-ring (bicyclic) bond motifs is 4. The maximum Gasteiger partial charge on any atom is 0.174 e. The molecule has 4 aliphatic rings. The SMILES string of the molecule is COc1cc(C2CC(=O)c3c(O)cc(O)cc3O2)ccc1O.COc1cc(O)c2c(c1)OC(c1ccc(O)c(O)c1)CC2=O.COc1ccc(C2CC(=O)c3c(O)cc(O)cc3O2)cc1O.O=C1CC(c2ccc(O)c(O)c2)Oc2cc(O)cc(O)c21. The van der Waals surface area contributed by atoms with Gasteiger partial charge in [0.25, 0.3) is 0 Å². The summed E-state index contributed by atoms with van der Waals surface area (Å²) in [5, 5.41) is 125. The molecule has 0 bridgehead atoms. The fourth-order valence-electron chi connectivity index (χ4n) is 9.84. The van der Waals surface area contributed by atoms with Gasteiger partial charge in [0.05, 0.1) is 47.0 Å². The topological polar surface area (TPSA) is 396 Å². The van der Waals surface area contributed by atoms with Gasteiger partial charge < -0.3 is 99.5 Å². The maximum absolute atomic E-state index is 12.2. The van der Waals surface area contributed by atoms with E-state index in [1.807, 2.05) is 0 Å². The summed E-state index contributed by atoms with van der Waals surface area (Å²) in [6.45, 7) is 0. The highest BCUT2D eigenvalue weighted by molar-refractivity contribution is 6.05. The normalized spacial score (nSPS) is 16.9. The van der Waals surface area contributed by atoms with Crippen molar-refractivity contribution in [2.24, 2.45) is 0 Å². The Morgan fingerprint density at radius 2 is 0.609 bits per heavy atom. The zero-order chi connectivity index (χ0) is 62.7. The van der Waals surface area contributed by atoms with Gasteiger partial charge in [-0.2, -0.15) is 0 Å². The molecule has 13 N–H and O–H groups in total. The first-order chi connectivity index (χ1) is 41.4. The predicted molar refractivity (Wildman–Crippen MR) is 302 cm³/mol. The van der Waals surface area contributed by atoms with E-state index in [-0.39, 0.29) is 175 Å². The Labute approximate surface area is 492 Å². The molecule has 450 valence electrons. The predicted octanol–water partition coefficient (Wildman–Crippen LogP) is 9.77. The molecular weight excluding hydrogens is 1140 g/mol.